The summed E-state index contributed by atoms with van der Waals surface area (Å²) in [6, 6.07) is 21.8. The number of carbonyl (C=O) groups is 2. The van der Waals surface area contributed by atoms with Crippen LogP contribution in [0.15, 0.2) is 78.9 Å². The molecule has 0 bridgehead atoms. The molecule has 0 saturated carbocycles. The van der Waals surface area contributed by atoms with Crippen LogP contribution in [-0.4, -0.2) is 37.8 Å². The first kappa shape index (κ1) is 26.1. The number of nitrogens with zero attached hydrogens (tertiary/aromatic N) is 1. The Hall–Kier alpha value is -3.49. The molecular formula is C27H31N3O4S. The molecule has 1 unspecified atom stereocenters. The third-order valence-electron chi connectivity index (χ3n) is 5.65. The molecule has 1 atom stereocenters. The molecule has 8 heteroatoms. The average Bonchev–Trinajstić information content (AvgIpc) is 2.79. The SMILES string of the molecule is CN(C(C(=O)Nc1cccc(NC(=O)c2ccc(C(C)(C)C)cc2)c1)c1ccccc1)S(C)(=O)=O. The van der Waals surface area contributed by atoms with Crippen molar-refractivity contribution in [1.82, 2.24) is 4.31 Å². The maximum absolute atomic E-state index is 13.2. The Kier molecular flexibility index (Phi) is 7.77. The van der Waals surface area contributed by atoms with Gasteiger partial charge in [-0.25, -0.2) is 8.42 Å². The van der Waals surface area contributed by atoms with Gasteiger partial charge in [0.25, 0.3) is 5.91 Å². The van der Waals surface area contributed by atoms with Crippen molar-refractivity contribution in [2.75, 3.05) is 23.9 Å². The lowest BCUT2D eigenvalue weighted by atomic mass is 9.87. The zero-order valence-corrected chi connectivity index (χ0v) is 21.4. The van der Waals surface area contributed by atoms with E-state index in [0.29, 0.717) is 22.5 Å². The molecule has 0 fully saturated rings. The summed E-state index contributed by atoms with van der Waals surface area (Å²) < 4.78 is 25.4. The summed E-state index contributed by atoms with van der Waals surface area (Å²) in [5.74, 6) is -0.779. The van der Waals surface area contributed by atoms with Gasteiger partial charge in [-0.2, -0.15) is 4.31 Å². The number of benzene rings is 3. The van der Waals surface area contributed by atoms with E-state index >= 15 is 0 Å². The minimum absolute atomic E-state index is 0.00959. The monoisotopic (exact) mass is 493 g/mol. The number of hydrogen-bond acceptors (Lipinski definition) is 4. The van der Waals surface area contributed by atoms with Crippen LogP contribution in [0.3, 0.4) is 0 Å². The zero-order valence-electron chi connectivity index (χ0n) is 20.6. The summed E-state index contributed by atoms with van der Waals surface area (Å²) in [6.07, 6.45) is 1.06. The van der Waals surface area contributed by atoms with Crippen molar-refractivity contribution in [2.45, 2.75) is 32.2 Å². The molecule has 184 valence electrons. The fourth-order valence-corrected chi connectivity index (χ4v) is 4.16. The fourth-order valence-electron chi connectivity index (χ4n) is 3.56. The molecule has 2 amide bonds. The molecule has 3 rings (SSSR count). The van der Waals surface area contributed by atoms with Gasteiger partial charge in [0.15, 0.2) is 0 Å². The Morgan fingerprint density at radius 1 is 0.829 bits per heavy atom. The molecule has 0 aliphatic rings. The fraction of sp³-hybridized carbons (Fsp3) is 0.259. The summed E-state index contributed by atoms with van der Waals surface area (Å²) in [5, 5.41) is 5.62. The summed E-state index contributed by atoms with van der Waals surface area (Å²) in [5.41, 5.74) is 3.11. The molecule has 0 spiro atoms. The second-order valence-electron chi connectivity index (χ2n) is 9.44. The van der Waals surface area contributed by atoms with E-state index < -0.39 is 22.0 Å². The van der Waals surface area contributed by atoms with Gasteiger partial charge < -0.3 is 10.6 Å². The van der Waals surface area contributed by atoms with E-state index in [1.165, 1.54) is 7.05 Å². The number of anilines is 2. The van der Waals surface area contributed by atoms with Crippen LogP contribution in [0.25, 0.3) is 0 Å². The van der Waals surface area contributed by atoms with Gasteiger partial charge in [0, 0.05) is 24.0 Å². The van der Waals surface area contributed by atoms with Crippen LogP contribution >= 0.6 is 0 Å². The number of hydrogen-bond donors (Lipinski definition) is 2. The average molecular weight is 494 g/mol. The number of amides is 2. The second-order valence-corrected chi connectivity index (χ2v) is 11.5. The van der Waals surface area contributed by atoms with E-state index in [1.807, 2.05) is 12.1 Å². The maximum Gasteiger partial charge on any atom is 0.255 e. The van der Waals surface area contributed by atoms with Crippen LogP contribution < -0.4 is 10.6 Å². The van der Waals surface area contributed by atoms with Gasteiger partial charge in [0.05, 0.1) is 6.26 Å². The first-order valence-electron chi connectivity index (χ1n) is 11.2. The third kappa shape index (κ3) is 6.77. The highest BCUT2D eigenvalue weighted by Crippen LogP contribution is 2.25. The van der Waals surface area contributed by atoms with Gasteiger partial charge in [-0.3, -0.25) is 9.59 Å². The Morgan fingerprint density at radius 2 is 1.40 bits per heavy atom. The number of nitrogens with one attached hydrogen (secondary N) is 2. The highest BCUT2D eigenvalue weighted by molar-refractivity contribution is 7.88. The van der Waals surface area contributed by atoms with Gasteiger partial charge in [0.1, 0.15) is 6.04 Å². The largest absolute Gasteiger partial charge is 0.324 e. The van der Waals surface area contributed by atoms with E-state index in [9.17, 15) is 18.0 Å². The van der Waals surface area contributed by atoms with Crippen molar-refractivity contribution in [1.29, 1.82) is 0 Å². The molecule has 0 aromatic heterocycles. The molecule has 0 radical (unpaired) electrons. The van der Waals surface area contributed by atoms with Crippen molar-refractivity contribution in [3.8, 4) is 0 Å². The summed E-state index contributed by atoms with van der Waals surface area (Å²) in [4.78, 5) is 25.9. The Balaban J connectivity index is 1.77. The van der Waals surface area contributed by atoms with E-state index in [1.54, 1.807) is 66.7 Å². The summed E-state index contributed by atoms with van der Waals surface area (Å²) >= 11 is 0. The predicted molar refractivity (Wildman–Crippen MR) is 140 cm³/mol. The van der Waals surface area contributed by atoms with Crippen LogP contribution in [0.5, 0.6) is 0 Å². The van der Waals surface area contributed by atoms with Gasteiger partial charge in [-0.15, -0.1) is 0 Å². The molecule has 7 nitrogen and oxygen atoms in total. The van der Waals surface area contributed by atoms with Gasteiger partial charge in [-0.1, -0.05) is 69.3 Å². The smallest absolute Gasteiger partial charge is 0.255 e. The minimum Gasteiger partial charge on any atom is -0.324 e. The van der Waals surface area contributed by atoms with Gasteiger partial charge in [-0.05, 0) is 46.9 Å². The van der Waals surface area contributed by atoms with E-state index in [-0.39, 0.29) is 11.3 Å². The predicted octanol–water partition coefficient (Wildman–Crippen LogP) is 4.81. The zero-order chi connectivity index (χ0) is 25.8. The Morgan fingerprint density at radius 3 is 1.94 bits per heavy atom. The molecule has 3 aromatic carbocycles. The van der Waals surface area contributed by atoms with E-state index in [2.05, 4.69) is 31.4 Å². The van der Waals surface area contributed by atoms with Crippen molar-refractivity contribution in [3.05, 3.63) is 95.6 Å². The Labute approximate surface area is 207 Å². The summed E-state index contributed by atoms with van der Waals surface area (Å²) in [7, 11) is -2.27. The maximum atomic E-state index is 13.2. The van der Waals surface area contributed by atoms with Crippen molar-refractivity contribution < 1.29 is 18.0 Å². The topological polar surface area (TPSA) is 95.6 Å². The van der Waals surface area contributed by atoms with Crippen molar-refractivity contribution >= 4 is 33.2 Å². The molecule has 0 aliphatic heterocycles. The quantitative estimate of drug-likeness (QED) is 0.494. The normalized spacial score (nSPS) is 12.7. The van der Waals surface area contributed by atoms with E-state index in [0.717, 1.165) is 16.1 Å². The highest BCUT2D eigenvalue weighted by Gasteiger charge is 2.30. The van der Waals surface area contributed by atoms with Gasteiger partial charge >= 0.3 is 0 Å². The molecule has 0 heterocycles. The molecule has 3 aromatic rings. The number of likely N-dealkylation sites (N-methyl/N-ethyl adjacent to an activating group) is 1. The van der Waals surface area contributed by atoms with Crippen LogP contribution in [-0.2, 0) is 20.2 Å². The van der Waals surface area contributed by atoms with Crippen LogP contribution in [0, 0.1) is 0 Å². The number of sulfonamides is 1. The lowest BCUT2D eigenvalue weighted by Crippen LogP contribution is -2.38. The molecule has 35 heavy (non-hydrogen) atoms. The number of carbonyl (C=O) groups excluding carboxylic acids is 2. The lowest BCUT2D eigenvalue weighted by molar-refractivity contribution is -0.119. The van der Waals surface area contributed by atoms with E-state index in [4.69, 9.17) is 0 Å². The van der Waals surface area contributed by atoms with Crippen LogP contribution in [0.4, 0.5) is 11.4 Å². The van der Waals surface area contributed by atoms with Crippen LogP contribution in [0.1, 0.15) is 48.3 Å². The molecule has 0 saturated heterocycles. The van der Waals surface area contributed by atoms with Crippen molar-refractivity contribution in [2.24, 2.45) is 0 Å². The minimum atomic E-state index is -3.64. The first-order valence-corrected chi connectivity index (χ1v) is 13.0. The highest BCUT2D eigenvalue weighted by atomic mass is 32.2. The summed E-state index contributed by atoms with van der Waals surface area (Å²) in [6.45, 7) is 6.33. The molecule has 2 N–H and O–H groups in total. The third-order valence-corrected chi connectivity index (χ3v) is 6.91. The standard InChI is InChI=1S/C27H31N3O4S/c1-27(2,3)21-16-14-20(15-17-21)25(31)28-22-12-9-13-23(18-22)29-26(32)24(30(4)35(5,33)34)19-10-7-6-8-11-19/h6-18,24H,1-5H3,(H,28,31)(H,29,32). The molecule has 0 aliphatic carbocycles. The first-order chi connectivity index (χ1) is 16.4. The number of rotatable bonds is 7. The molecular weight excluding hydrogens is 462 g/mol. The van der Waals surface area contributed by atoms with Crippen molar-refractivity contribution in [3.63, 3.8) is 0 Å². The second kappa shape index (κ2) is 10.4. The lowest BCUT2D eigenvalue weighted by Gasteiger charge is -2.25. The Bertz CT molecular complexity index is 1300. The van der Waals surface area contributed by atoms with Crippen LogP contribution in [0.2, 0.25) is 0 Å². The van der Waals surface area contributed by atoms with Gasteiger partial charge in [0.2, 0.25) is 15.9 Å².